The van der Waals surface area contributed by atoms with E-state index < -0.39 is 44.4 Å². The zero-order valence-corrected chi connectivity index (χ0v) is 17.7. The second-order valence-corrected chi connectivity index (χ2v) is 8.97. The van der Waals surface area contributed by atoms with E-state index >= 15 is 0 Å². The van der Waals surface area contributed by atoms with Crippen LogP contribution in [0.25, 0.3) is 0 Å². The Hall–Kier alpha value is -2.08. The van der Waals surface area contributed by atoms with Crippen molar-refractivity contribution >= 4 is 44.8 Å². The molecule has 1 aromatic heterocycles. The summed E-state index contributed by atoms with van der Waals surface area (Å²) in [5, 5.41) is 5.72. The molecule has 0 fully saturated rings. The van der Waals surface area contributed by atoms with E-state index in [9.17, 15) is 26.8 Å². The molecule has 29 heavy (non-hydrogen) atoms. The fourth-order valence-electron chi connectivity index (χ4n) is 2.27. The van der Waals surface area contributed by atoms with Crippen molar-refractivity contribution in [2.75, 3.05) is 19.4 Å². The summed E-state index contributed by atoms with van der Waals surface area (Å²) < 4.78 is 52.8. The van der Waals surface area contributed by atoms with Crippen molar-refractivity contribution in [1.82, 2.24) is 14.1 Å². The first-order valence-electron chi connectivity index (χ1n) is 7.96. The van der Waals surface area contributed by atoms with Crippen molar-refractivity contribution in [2.45, 2.75) is 24.3 Å². The minimum Gasteiger partial charge on any atom is -0.324 e. The van der Waals surface area contributed by atoms with Gasteiger partial charge in [0, 0.05) is 25.3 Å². The lowest BCUT2D eigenvalue weighted by atomic mass is 10.2. The van der Waals surface area contributed by atoms with E-state index in [1.165, 1.54) is 21.0 Å². The molecule has 1 amide bonds. The lowest BCUT2D eigenvalue weighted by molar-refractivity contribution is -0.119. The number of benzene rings is 1. The first kappa shape index (κ1) is 23.2. The zero-order chi connectivity index (χ0) is 22.1. The fraction of sp³-hybridized carbons (Fsp3) is 0.312. The van der Waals surface area contributed by atoms with Crippen LogP contribution in [0, 0.1) is 0 Å². The first-order valence-corrected chi connectivity index (χ1v) is 10.2. The molecule has 2 rings (SSSR count). The van der Waals surface area contributed by atoms with Gasteiger partial charge in [-0.15, -0.1) is 0 Å². The molecule has 1 atom stereocenters. The number of rotatable bonds is 6. The summed E-state index contributed by atoms with van der Waals surface area (Å²) in [5.74, 6) is -0.754. The third-order valence-corrected chi connectivity index (χ3v) is 6.54. The first-order chi connectivity index (χ1) is 13.4. The normalized spacial score (nSPS) is 13.0. The molecule has 0 saturated carbocycles. The minimum absolute atomic E-state index is 0.0558. The van der Waals surface area contributed by atoms with E-state index in [0.717, 1.165) is 33.4 Å². The standard InChI is InChI=1S/C16H16Cl2F2N4O4S/c1-8(24-16(26)13(18)11(17)7-21-24)15(25)22-9-4-5-10(14(19)20)12(6-9)29(27,28)23(2)3/h4-8,14H,1-3H3,(H,22,25)/t8-/m1/s1. The summed E-state index contributed by atoms with van der Waals surface area (Å²) >= 11 is 11.5. The smallest absolute Gasteiger partial charge is 0.287 e. The monoisotopic (exact) mass is 468 g/mol. The van der Waals surface area contributed by atoms with Gasteiger partial charge >= 0.3 is 0 Å². The Morgan fingerprint density at radius 2 is 1.90 bits per heavy atom. The number of carbonyl (C=O) groups excluding carboxylic acids is 1. The van der Waals surface area contributed by atoms with E-state index in [-0.39, 0.29) is 15.7 Å². The van der Waals surface area contributed by atoms with Gasteiger partial charge in [-0.2, -0.15) is 5.10 Å². The quantitative estimate of drug-likeness (QED) is 0.701. The van der Waals surface area contributed by atoms with Crippen LogP contribution in [-0.2, 0) is 14.8 Å². The van der Waals surface area contributed by atoms with Crippen molar-refractivity contribution in [3.63, 3.8) is 0 Å². The molecule has 0 unspecified atom stereocenters. The van der Waals surface area contributed by atoms with Crippen LogP contribution in [0.5, 0.6) is 0 Å². The Morgan fingerprint density at radius 3 is 2.45 bits per heavy atom. The van der Waals surface area contributed by atoms with Crippen LogP contribution in [-0.4, -0.2) is 42.5 Å². The van der Waals surface area contributed by atoms with E-state index in [2.05, 4.69) is 10.4 Å². The molecule has 0 spiro atoms. The van der Waals surface area contributed by atoms with Crippen molar-refractivity contribution in [3.8, 4) is 0 Å². The Bertz CT molecular complexity index is 1110. The van der Waals surface area contributed by atoms with Gasteiger partial charge in [0.15, 0.2) is 0 Å². The van der Waals surface area contributed by atoms with Crippen LogP contribution in [0.3, 0.4) is 0 Å². The molecule has 158 valence electrons. The van der Waals surface area contributed by atoms with Gasteiger partial charge in [-0.25, -0.2) is 26.2 Å². The Morgan fingerprint density at radius 1 is 1.28 bits per heavy atom. The third kappa shape index (κ3) is 4.74. The number of anilines is 1. The fourth-order valence-corrected chi connectivity index (χ4v) is 3.66. The number of nitrogens with zero attached hydrogens (tertiary/aromatic N) is 3. The molecular weight excluding hydrogens is 453 g/mol. The Kier molecular flexibility index (Phi) is 6.99. The maximum Gasteiger partial charge on any atom is 0.287 e. The van der Waals surface area contributed by atoms with Crippen LogP contribution >= 0.6 is 23.2 Å². The molecule has 0 aliphatic rings. The SMILES string of the molecule is C[C@H](C(=O)Nc1ccc(C(F)F)c(S(=O)(=O)N(C)C)c1)n1ncc(Cl)c(Cl)c1=O. The van der Waals surface area contributed by atoms with Gasteiger partial charge < -0.3 is 5.32 Å². The molecule has 1 aromatic carbocycles. The second-order valence-electron chi connectivity index (χ2n) is 6.06. The number of alkyl halides is 2. The van der Waals surface area contributed by atoms with Crippen molar-refractivity contribution in [3.05, 3.63) is 50.4 Å². The number of nitrogens with one attached hydrogen (secondary N) is 1. The predicted octanol–water partition coefficient (Wildman–Crippen LogP) is 2.94. The maximum absolute atomic E-state index is 13.2. The van der Waals surface area contributed by atoms with Crippen molar-refractivity contribution in [1.29, 1.82) is 0 Å². The summed E-state index contributed by atoms with van der Waals surface area (Å²) in [4.78, 5) is 23.9. The highest BCUT2D eigenvalue weighted by Gasteiger charge is 2.27. The third-order valence-electron chi connectivity index (χ3n) is 3.92. The van der Waals surface area contributed by atoms with Crippen LogP contribution in [0.1, 0.15) is 25.0 Å². The number of amides is 1. The summed E-state index contributed by atoms with van der Waals surface area (Å²) in [6, 6.07) is 1.81. The molecule has 1 N–H and O–H groups in total. The molecule has 0 bridgehead atoms. The van der Waals surface area contributed by atoms with Crippen LogP contribution in [0.15, 0.2) is 34.1 Å². The predicted molar refractivity (Wildman–Crippen MR) is 104 cm³/mol. The molecule has 13 heteroatoms. The molecule has 8 nitrogen and oxygen atoms in total. The summed E-state index contributed by atoms with van der Waals surface area (Å²) in [6.45, 7) is 1.35. The Balaban J connectivity index is 2.41. The average Bonchev–Trinajstić information content (AvgIpc) is 2.65. The zero-order valence-electron chi connectivity index (χ0n) is 15.4. The van der Waals surface area contributed by atoms with Gasteiger partial charge in [0.1, 0.15) is 11.1 Å². The van der Waals surface area contributed by atoms with Gasteiger partial charge in [0.2, 0.25) is 15.9 Å². The number of sulfonamides is 1. The van der Waals surface area contributed by atoms with Crippen LogP contribution in [0.2, 0.25) is 10.0 Å². The molecular formula is C16H16Cl2F2N4O4S. The van der Waals surface area contributed by atoms with Crippen molar-refractivity contribution in [2.24, 2.45) is 0 Å². The number of hydrogen-bond donors (Lipinski definition) is 1. The van der Waals surface area contributed by atoms with E-state index in [1.807, 2.05) is 0 Å². The minimum atomic E-state index is -4.20. The lowest BCUT2D eigenvalue weighted by Gasteiger charge is -2.18. The van der Waals surface area contributed by atoms with Gasteiger partial charge in [-0.1, -0.05) is 23.2 Å². The topological polar surface area (TPSA) is 101 Å². The van der Waals surface area contributed by atoms with Crippen LogP contribution < -0.4 is 10.9 Å². The van der Waals surface area contributed by atoms with Gasteiger partial charge in [-0.3, -0.25) is 9.59 Å². The van der Waals surface area contributed by atoms with Crippen LogP contribution in [0.4, 0.5) is 14.5 Å². The molecule has 1 heterocycles. The van der Waals surface area contributed by atoms with E-state index in [0.29, 0.717) is 0 Å². The summed E-state index contributed by atoms with van der Waals surface area (Å²) in [6.07, 6.45) is -1.95. The summed E-state index contributed by atoms with van der Waals surface area (Å²) in [5.41, 5.74) is -1.56. The molecule has 0 radical (unpaired) electrons. The number of carbonyl (C=O) groups is 1. The highest BCUT2D eigenvalue weighted by molar-refractivity contribution is 7.89. The number of halogens is 4. The van der Waals surface area contributed by atoms with E-state index in [4.69, 9.17) is 23.2 Å². The van der Waals surface area contributed by atoms with Gasteiger partial charge in [0.25, 0.3) is 12.0 Å². The van der Waals surface area contributed by atoms with E-state index in [1.54, 1.807) is 0 Å². The maximum atomic E-state index is 13.2. The summed E-state index contributed by atoms with van der Waals surface area (Å²) in [7, 11) is -1.81. The highest BCUT2D eigenvalue weighted by Crippen LogP contribution is 2.30. The average molecular weight is 469 g/mol. The Labute approximate surface area is 175 Å². The lowest BCUT2D eigenvalue weighted by Crippen LogP contribution is -2.33. The number of aromatic nitrogens is 2. The largest absolute Gasteiger partial charge is 0.324 e. The second kappa shape index (κ2) is 8.74. The van der Waals surface area contributed by atoms with Gasteiger partial charge in [-0.05, 0) is 25.1 Å². The van der Waals surface area contributed by atoms with Gasteiger partial charge in [0.05, 0.1) is 16.1 Å². The highest BCUT2D eigenvalue weighted by atomic mass is 35.5. The molecule has 0 saturated heterocycles. The molecule has 0 aliphatic heterocycles. The molecule has 2 aromatic rings. The van der Waals surface area contributed by atoms with Crippen molar-refractivity contribution < 1.29 is 22.0 Å². The number of hydrogen-bond acceptors (Lipinski definition) is 5. The molecule has 0 aliphatic carbocycles.